The molecule has 0 aliphatic heterocycles. The first-order chi connectivity index (χ1) is 9.00. The maximum atomic E-state index is 12.5. The summed E-state index contributed by atoms with van der Waals surface area (Å²) < 4.78 is 1.58. The fourth-order valence-electron chi connectivity index (χ4n) is 2.89. The van der Waals surface area contributed by atoms with Crippen LogP contribution < -0.4 is 5.56 Å². The zero-order chi connectivity index (χ0) is 13.6. The maximum Gasteiger partial charge on any atom is 0.262 e. The van der Waals surface area contributed by atoms with E-state index < -0.39 is 5.60 Å². The Morgan fingerprint density at radius 3 is 2.79 bits per heavy atom. The predicted octanol–water partition coefficient (Wildman–Crippen LogP) is 2.38. The quantitative estimate of drug-likeness (QED) is 0.917. The van der Waals surface area contributed by atoms with Gasteiger partial charge < -0.3 is 5.11 Å². The van der Waals surface area contributed by atoms with Crippen LogP contribution in [0.25, 0.3) is 10.2 Å². The molecule has 0 aromatic carbocycles. The van der Waals surface area contributed by atoms with Gasteiger partial charge in [0.05, 0.1) is 23.9 Å². The molecule has 4 nitrogen and oxygen atoms in total. The van der Waals surface area contributed by atoms with Crippen LogP contribution in [0.4, 0.5) is 0 Å². The zero-order valence-corrected chi connectivity index (χ0v) is 12.1. The van der Waals surface area contributed by atoms with Crippen molar-refractivity contribution >= 4 is 21.6 Å². The van der Waals surface area contributed by atoms with E-state index in [9.17, 15) is 9.90 Å². The van der Waals surface area contributed by atoms with Gasteiger partial charge in [-0.15, -0.1) is 11.3 Å². The van der Waals surface area contributed by atoms with Crippen LogP contribution in [0.2, 0.25) is 0 Å². The van der Waals surface area contributed by atoms with Gasteiger partial charge >= 0.3 is 0 Å². The molecule has 2 aromatic heterocycles. The maximum absolute atomic E-state index is 12.5. The molecule has 1 N–H and O–H groups in total. The van der Waals surface area contributed by atoms with Gasteiger partial charge in [-0.25, -0.2) is 4.98 Å². The van der Waals surface area contributed by atoms with Gasteiger partial charge in [-0.05, 0) is 32.3 Å². The van der Waals surface area contributed by atoms with Crippen LogP contribution in [0.1, 0.15) is 36.1 Å². The molecule has 2 heterocycles. The highest BCUT2D eigenvalue weighted by Gasteiger charge is 2.32. The standard InChI is InChI=1S/C14H18N2O2S/c1-9-10(2)19-12-11(9)13(17)16(8-15-12)7-14(18)5-3-4-6-14/h8,18H,3-7H2,1-2H3. The summed E-state index contributed by atoms with van der Waals surface area (Å²) in [6, 6.07) is 0. The summed E-state index contributed by atoms with van der Waals surface area (Å²) in [5, 5.41) is 11.1. The predicted molar refractivity (Wildman–Crippen MR) is 76.8 cm³/mol. The Morgan fingerprint density at radius 1 is 1.42 bits per heavy atom. The van der Waals surface area contributed by atoms with Crippen molar-refractivity contribution in [2.75, 3.05) is 0 Å². The van der Waals surface area contributed by atoms with E-state index in [1.807, 2.05) is 13.8 Å². The summed E-state index contributed by atoms with van der Waals surface area (Å²) in [7, 11) is 0. The smallest absolute Gasteiger partial charge is 0.262 e. The lowest BCUT2D eigenvalue weighted by Gasteiger charge is -2.22. The largest absolute Gasteiger partial charge is 0.388 e. The Bertz CT molecular complexity index is 681. The third kappa shape index (κ3) is 2.11. The normalized spacial score (nSPS) is 18.3. The molecule has 0 radical (unpaired) electrons. The van der Waals surface area contributed by atoms with Crippen molar-refractivity contribution in [3.05, 3.63) is 27.1 Å². The van der Waals surface area contributed by atoms with E-state index in [0.717, 1.165) is 41.0 Å². The fourth-order valence-corrected chi connectivity index (χ4v) is 3.88. The Hall–Kier alpha value is -1.20. The lowest BCUT2D eigenvalue weighted by Crippen LogP contribution is -2.35. The van der Waals surface area contributed by atoms with Gasteiger partial charge in [0, 0.05) is 4.88 Å². The molecule has 0 unspecified atom stereocenters. The summed E-state index contributed by atoms with van der Waals surface area (Å²) in [5.41, 5.74) is 0.274. The monoisotopic (exact) mass is 278 g/mol. The molecule has 0 amide bonds. The summed E-state index contributed by atoms with van der Waals surface area (Å²) >= 11 is 1.56. The van der Waals surface area contributed by atoms with Gasteiger partial charge in [0.25, 0.3) is 5.56 Å². The molecule has 19 heavy (non-hydrogen) atoms. The van der Waals surface area contributed by atoms with E-state index in [0.29, 0.717) is 11.9 Å². The molecule has 3 rings (SSSR count). The first-order valence-corrected chi connectivity index (χ1v) is 7.49. The molecule has 2 aromatic rings. The lowest BCUT2D eigenvalue weighted by molar-refractivity contribution is 0.0288. The molecular weight excluding hydrogens is 260 g/mol. The highest BCUT2D eigenvalue weighted by atomic mass is 32.1. The molecule has 5 heteroatoms. The van der Waals surface area contributed by atoms with Crippen LogP contribution in [0.15, 0.2) is 11.1 Å². The van der Waals surface area contributed by atoms with E-state index in [-0.39, 0.29) is 5.56 Å². The van der Waals surface area contributed by atoms with Gasteiger partial charge in [0.15, 0.2) is 0 Å². The summed E-state index contributed by atoms with van der Waals surface area (Å²) in [6.45, 7) is 4.34. The Kier molecular flexibility index (Phi) is 2.98. The summed E-state index contributed by atoms with van der Waals surface area (Å²) in [5.74, 6) is 0. The number of fused-ring (bicyclic) bond motifs is 1. The zero-order valence-electron chi connectivity index (χ0n) is 11.3. The first-order valence-electron chi connectivity index (χ1n) is 6.68. The third-order valence-corrected chi connectivity index (χ3v) is 5.27. The van der Waals surface area contributed by atoms with Crippen molar-refractivity contribution in [1.82, 2.24) is 9.55 Å². The molecule has 0 spiro atoms. The lowest BCUT2D eigenvalue weighted by atomic mass is 10.0. The third-order valence-electron chi connectivity index (χ3n) is 4.15. The number of hydrogen-bond donors (Lipinski definition) is 1. The molecule has 1 aliphatic carbocycles. The average Bonchev–Trinajstić information content (AvgIpc) is 2.90. The van der Waals surface area contributed by atoms with E-state index >= 15 is 0 Å². The second-order valence-electron chi connectivity index (χ2n) is 5.57. The van der Waals surface area contributed by atoms with Gasteiger partial charge in [0.2, 0.25) is 0 Å². The highest BCUT2D eigenvalue weighted by molar-refractivity contribution is 7.18. The molecule has 102 valence electrons. The number of nitrogens with zero attached hydrogens (tertiary/aromatic N) is 2. The minimum Gasteiger partial charge on any atom is -0.388 e. The van der Waals surface area contributed by atoms with Crippen molar-refractivity contribution in [2.24, 2.45) is 0 Å². The van der Waals surface area contributed by atoms with Crippen molar-refractivity contribution in [3.63, 3.8) is 0 Å². The van der Waals surface area contributed by atoms with Crippen molar-refractivity contribution in [1.29, 1.82) is 0 Å². The van der Waals surface area contributed by atoms with Crippen molar-refractivity contribution in [2.45, 2.75) is 51.7 Å². The number of rotatable bonds is 2. The topological polar surface area (TPSA) is 55.1 Å². The van der Waals surface area contributed by atoms with Crippen molar-refractivity contribution < 1.29 is 5.11 Å². The Morgan fingerprint density at radius 2 is 2.11 bits per heavy atom. The first kappa shape index (κ1) is 12.8. The minimum atomic E-state index is -0.724. The molecule has 1 aliphatic rings. The van der Waals surface area contributed by atoms with E-state index in [4.69, 9.17) is 0 Å². The van der Waals surface area contributed by atoms with Gasteiger partial charge in [-0.1, -0.05) is 12.8 Å². The van der Waals surface area contributed by atoms with Crippen LogP contribution in [0.3, 0.4) is 0 Å². The van der Waals surface area contributed by atoms with Gasteiger partial charge in [-0.3, -0.25) is 9.36 Å². The van der Waals surface area contributed by atoms with Crippen molar-refractivity contribution in [3.8, 4) is 0 Å². The number of aryl methyl sites for hydroxylation is 2. The highest BCUT2D eigenvalue weighted by Crippen LogP contribution is 2.31. The number of aromatic nitrogens is 2. The molecule has 1 saturated carbocycles. The fraction of sp³-hybridized carbons (Fsp3) is 0.571. The summed E-state index contributed by atoms with van der Waals surface area (Å²) in [4.78, 5) is 18.8. The van der Waals surface area contributed by atoms with Crippen LogP contribution in [0.5, 0.6) is 0 Å². The molecule has 0 saturated heterocycles. The Labute approximate surface area is 115 Å². The second kappa shape index (κ2) is 4.42. The second-order valence-corrected chi connectivity index (χ2v) is 6.78. The summed E-state index contributed by atoms with van der Waals surface area (Å²) in [6.07, 6.45) is 5.21. The Balaban J connectivity index is 2.08. The SMILES string of the molecule is Cc1sc2ncn(CC3(O)CCCC3)c(=O)c2c1C. The van der Waals surface area contributed by atoms with E-state index in [2.05, 4.69) is 4.98 Å². The number of aliphatic hydroxyl groups is 1. The molecule has 0 bridgehead atoms. The van der Waals surface area contributed by atoms with Crippen LogP contribution >= 0.6 is 11.3 Å². The van der Waals surface area contributed by atoms with E-state index in [1.165, 1.54) is 0 Å². The minimum absolute atomic E-state index is 0.0211. The average molecular weight is 278 g/mol. The number of hydrogen-bond acceptors (Lipinski definition) is 4. The van der Waals surface area contributed by atoms with Gasteiger partial charge in [0.1, 0.15) is 4.83 Å². The molecule has 0 atom stereocenters. The molecule has 1 fully saturated rings. The van der Waals surface area contributed by atoms with Crippen LogP contribution in [-0.4, -0.2) is 20.3 Å². The van der Waals surface area contributed by atoms with E-state index in [1.54, 1.807) is 22.2 Å². The molecular formula is C14H18N2O2S. The van der Waals surface area contributed by atoms with Crippen LogP contribution in [-0.2, 0) is 6.54 Å². The number of thiophene rings is 1. The van der Waals surface area contributed by atoms with Crippen LogP contribution in [0, 0.1) is 13.8 Å². The van der Waals surface area contributed by atoms with Gasteiger partial charge in [-0.2, -0.15) is 0 Å².